The number of carbonyl (C=O) groups is 1. The molecular formula is C19H15Cl2NO4. The largest absolute Gasteiger partial charge is 0.490 e. The van der Waals surface area contributed by atoms with Gasteiger partial charge in [-0.25, -0.2) is 4.79 Å². The standard InChI is InChI=1S/C19H15Cl2NO4/c1-12-17(18(22-26-12)15-4-2-3-5-16(15)21)19(23)25-11-10-24-14-8-6-13(20)7-9-14/h2-9H,10-11H2,1H3. The fourth-order valence-electron chi connectivity index (χ4n) is 2.35. The number of hydrogen-bond acceptors (Lipinski definition) is 5. The molecule has 0 N–H and O–H groups in total. The average Bonchev–Trinajstić information content (AvgIpc) is 3.02. The van der Waals surface area contributed by atoms with E-state index in [-0.39, 0.29) is 18.8 Å². The fraction of sp³-hybridized carbons (Fsp3) is 0.158. The number of aryl methyl sites for hydroxylation is 1. The zero-order valence-corrected chi connectivity index (χ0v) is 15.4. The van der Waals surface area contributed by atoms with Gasteiger partial charge in [0.15, 0.2) is 0 Å². The Morgan fingerprint density at radius 3 is 2.54 bits per heavy atom. The van der Waals surface area contributed by atoms with Gasteiger partial charge in [-0.15, -0.1) is 0 Å². The maximum atomic E-state index is 12.4. The number of hydrogen-bond donors (Lipinski definition) is 0. The van der Waals surface area contributed by atoms with Gasteiger partial charge in [-0.2, -0.15) is 0 Å². The van der Waals surface area contributed by atoms with E-state index in [1.807, 2.05) is 0 Å². The SMILES string of the molecule is Cc1onc(-c2ccccc2Cl)c1C(=O)OCCOc1ccc(Cl)cc1. The third kappa shape index (κ3) is 4.18. The van der Waals surface area contributed by atoms with Crippen LogP contribution >= 0.6 is 23.2 Å². The molecule has 0 atom stereocenters. The summed E-state index contributed by atoms with van der Waals surface area (Å²) in [5.41, 5.74) is 1.22. The highest BCUT2D eigenvalue weighted by atomic mass is 35.5. The number of rotatable bonds is 6. The summed E-state index contributed by atoms with van der Waals surface area (Å²) in [6, 6.07) is 14.0. The Hall–Kier alpha value is -2.50. The maximum absolute atomic E-state index is 12.4. The molecule has 0 saturated carbocycles. The van der Waals surface area contributed by atoms with Gasteiger partial charge in [0.1, 0.15) is 36.0 Å². The Kier molecular flexibility index (Phi) is 5.81. The van der Waals surface area contributed by atoms with E-state index in [2.05, 4.69) is 5.16 Å². The van der Waals surface area contributed by atoms with Crippen molar-refractivity contribution in [3.8, 4) is 17.0 Å². The first-order chi connectivity index (χ1) is 12.6. The van der Waals surface area contributed by atoms with Crippen molar-refractivity contribution in [3.63, 3.8) is 0 Å². The number of aromatic nitrogens is 1. The molecule has 3 aromatic rings. The van der Waals surface area contributed by atoms with Crippen molar-refractivity contribution in [3.05, 3.63) is 69.9 Å². The van der Waals surface area contributed by atoms with Gasteiger partial charge in [-0.3, -0.25) is 0 Å². The first-order valence-electron chi connectivity index (χ1n) is 7.83. The molecule has 1 aromatic heterocycles. The minimum Gasteiger partial charge on any atom is -0.490 e. The summed E-state index contributed by atoms with van der Waals surface area (Å²) in [7, 11) is 0. The topological polar surface area (TPSA) is 61.6 Å². The summed E-state index contributed by atoms with van der Waals surface area (Å²) in [6.45, 7) is 1.93. The normalized spacial score (nSPS) is 10.6. The number of ether oxygens (including phenoxy) is 2. The molecule has 0 unspecified atom stereocenters. The van der Waals surface area contributed by atoms with Crippen molar-refractivity contribution >= 4 is 29.2 Å². The second-order valence-electron chi connectivity index (χ2n) is 5.38. The summed E-state index contributed by atoms with van der Waals surface area (Å²) in [4.78, 5) is 12.4. The zero-order chi connectivity index (χ0) is 18.5. The van der Waals surface area contributed by atoms with E-state index in [0.717, 1.165) is 0 Å². The first kappa shape index (κ1) is 18.3. The van der Waals surface area contributed by atoms with Crippen LogP contribution in [0.15, 0.2) is 53.1 Å². The number of carbonyl (C=O) groups excluding carboxylic acids is 1. The molecule has 0 fully saturated rings. The molecule has 0 saturated heterocycles. The molecule has 0 bridgehead atoms. The molecule has 0 aliphatic heterocycles. The van der Waals surface area contributed by atoms with Crippen molar-refractivity contribution in [1.82, 2.24) is 5.16 Å². The van der Waals surface area contributed by atoms with E-state index >= 15 is 0 Å². The van der Waals surface area contributed by atoms with Gasteiger partial charge in [0.2, 0.25) is 0 Å². The minimum absolute atomic E-state index is 0.0774. The van der Waals surface area contributed by atoms with Gasteiger partial charge in [0.25, 0.3) is 0 Å². The smallest absolute Gasteiger partial charge is 0.344 e. The lowest BCUT2D eigenvalue weighted by atomic mass is 10.1. The summed E-state index contributed by atoms with van der Waals surface area (Å²) < 4.78 is 15.9. The Bertz CT molecular complexity index is 906. The van der Waals surface area contributed by atoms with Crippen LogP contribution in [-0.4, -0.2) is 24.3 Å². The lowest BCUT2D eigenvalue weighted by Crippen LogP contribution is -2.13. The van der Waals surface area contributed by atoms with E-state index < -0.39 is 5.97 Å². The molecule has 0 amide bonds. The minimum atomic E-state index is -0.543. The van der Waals surface area contributed by atoms with Crippen LogP contribution in [0.4, 0.5) is 0 Å². The van der Waals surface area contributed by atoms with Crippen molar-refractivity contribution in [2.75, 3.05) is 13.2 Å². The zero-order valence-electron chi connectivity index (χ0n) is 13.9. The molecule has 3 rings (SSSR count). The molecule has 0 aliphatic carbocycles. The Labute approximate surface area is 160 Å². The molecule has 0 radical (unpaired) electrons. The Balaban J connectivity index is 1.64. The molecule has 0 aliphatic rings. The summed E-state index contributed by atoms with van der Waals surface area (Å²) in [5.74, 6) is 0.463. The van der Waals surface area contributed by atoms with Crippen LogP contribution in [-0.2, 0) is 4.74 Å². The highest BCUT2D eigenvalue weighted by molar-refractivity contribution is 6.33. The quantitative estimate of drug-likeness (QED) is 0.427. The number of benzene rings is 2. The third-order valence-corrected chi connectivity index (χ3v) is 4.18. The fourth-order valence-corrected chi connectivity index (χ4v) is 2.70. The van der Waals surface area contributed by atoms with Crippen molar-refractivity contribution in [2.45, 2.75) is 6.92 Å². The lowest BCUT2D eigenvalue weighted by Gasteiger charge is -2.08. The summed E-state index contributed by atoms with van der Waals surface area (Å²) >= 11 is 12.0. The molecule has 7 heteroatoms. The molecular weight excluding hydrogens is 377 g/mol. The van der Waals surface area contributed by atoms with Crippen LogP contribution in [0, 0.1) is 6.92 Å². The van der Waals surface area contributed by atoms with Crippen molar-refractivity contribution < 1.29 is 18.8 Å². The number of esters is 1. The monoisotopic (exact) mass is 391 g/mol. The number of halogens is 2. The Morgan fingerprint density at radius 1 is 1.08 bits per heavy atom. The second-order valence-corrected chi connectivity index (χ2v) is 6.22. The van der Waals surface area contributed by atoms with Gasteiger partial charge in [-0.1, -0.05) is 46.6 Å². The highest BCUT2D eigenvalue weighted by Crippen LogP contribution is 2.31. The predicted molar refractivity (Wildman–Crippen MR) is 98.9 cm³/mol. The van der Waals surface area contributed by atoms with Gasteiger partial charge >= 0.3 is 5.97 Å². The Morgan fingerprint density at radius 2 is 1.81 bits per heavy atom. The molecule has 134 valence electrons. The van der Waals surface area contributed by atoms with Gasteiger partial charge in [-0.05, 0) is 37.3 Å². The van der Waals surface area contributed by atoms with Crippen LogP contribution in [0.3, 0.4) is 0 Å². The first-order valence-corrected chi connectivity index (χ1v) is 8.58. The van der Waals surface area contributed by atoms with Crippen LogP contribution in [0.1, 0.15) is 16.1 Å². The van der Waals surface area contributed by atoms with E-state index in [1.165, 1.54) is 0 Å². The summed E-state index contributed by atoms with van der Waals surface area (Å²) in [5, 5.41) is 5.04. The molecule has 1 heterocycles. The average molecular weight is 392 g/mol. The van der Waals surface area contributed by atoms with E-state index in [9.17, 15) is 4.79 Å². The van der Waals surface area contributed by atoms with E-state index in [1.54, 1.807) is 55.5 Å². The van der Waals surface area contributed by atoms with Crippen molar-refractivity contribution in [2.24, 2.45) is 0 Å². The van der Waals surface area contributed by atoms with Gasteiger partial charge in [0.05, 0.1) is 5.02 Å². The van der Waals surface area contributed by atoms with E-state index in [4.69, 9.17) is 37.2 Å². The van der Waals surface area contributed by atoms with Gasteiger partial charge < -0.3 is 14.0 Å². The third-order valence-electron chi connectivity index (χ3n) is 3.59. The van der Waals surface area contributed by atoms with Crippen LogP contribution in [0.2, 0.25) is 10.0 Å². The molecule has 26 heavy (non-hydrogen) atoms. The van der Waals surface area contributed by atoms with Gasteiger partial charge in [0, 0.05) is 10.6 Å². The lowest BCUT2D eigenvalue weighted by molar-refractivity contribution is 0.0449. The second kappa shape index (κ2) is 8.25. The molecule has 2 aromatic carbocycles. The highest BCUT2D eigenvalue weighted by Gasteiger charge is 2.24. The van der Waals surface area contributed by atoms with Crippen LogP contribution in [0.5, 0.6) is 5.75 Å². The number of nitrogens with zero attached hydrogens (tertiary/aromatic N) is 1. The van der Waals surface area contributed by atoms with Crippen LogP contribution in [0.25, 0.3) is 11.3 Å². The predicted octanol–water partition coefficient (Wildman–Crippen LogP) is 5.19. The van der Waals surface area contributed by atoms with Crippen LogP contribution < -0.4 is 4.74 Å². The molecule has 0 spiro atoms. The maximum Gasteiger partial charge on any atom is 0.344 e. The van der Waals surface area contributed by atoms with E-state index in [0.29, 0.717) is 32.8 Å². The summed E-state index contributed by atoms with van der Waals surface area (Å²) in [6.07, 6.45) is 0. The van der Waals surface area contributed by atoms with Crippen molar-refractivity contribution in [1.29, 1.82) is 0 Å². The molecule has 5 nitrogen and oxygen atoms in total.